The van der Waals surface area contributed by atoms with Crippen LogP contribution in [0.15, 0.2) is 5.16 Å². The van der Waals surface area contributed by atoms with E-state index in [4.69, 9.17) is 10.9 Å². The van der Waals surface area contributed by atoms with E-state index in [1.165, 1.54) is 6.42 Å². The van der Waals surface area contributed by atoms with E-state index in [9.17, 15) is 0 Å². The number of hydrogen-bond acceptors (Lipinski definition) is 3. The zero-order valence-electron chi connectivity index (χ0n) is 8.40. The van der Waals surface area contributed by atoms with Crippen molar-refractivity contribution in [1.82, 2.24) is 4.90 Å². The van der Waals surface area contributed by atoms with Crippen molar-refractivity contribution < 1.29 is 5.21 Å². The molecule has 1 heterocycles. The van der Waals surface area contributed by atoms with Gasteiger partial charge in [-0.15, -0.1) is 0 Å². The molecule has 0 aromatic heterocycles. The zero-order valence-corrected chi connectivity index (χ0v) is 8.40. The lowest BCUT2D eigenvalue weighted by Gasteiger charge is -2.34. The molecular formula is C9H19N3O. The summed E-state index contributed by atoms with van der Waals surface area (Å²) < 4.78 is 0. The smallest absolute Gasteiger partial charge is 0.153 e. The Bertz CT molecular complexity index is 193. The number of oxime groups is 1. The Kier molecular flexibility index (Phi) is 3.54. The lowest BCUT2D eigenvalue weighted by atomic mass is 9.89. The summed E-state index contributed by atoms with van der Waals surface area (Å²) in [5.41, 5.74) is 5.44. The van der Waals surface area contributed by atoms with Crippen molar-refractivity contribution >= 4 is 5.84 Å². The van der Waals surface area contributed by atoms with Crippen LogP contribution >= 0.6 is 0 Å². The average molecular weight is 185 g/mol. The summed E-state index contributed by atoms with van der Waals surface area (Å²) >= 11 is 0. The average Bonchev–Trinajstić information content (AvgIpc) is 2.11. The normalized spacial score (nSPS) is 32.0. The molecule has 0 aromatic carbocycles. The summed E-state index contributed by atoms with van der Waals surface area (Å²) in [6, 6.07) is 0. The molecule has 1 aliphatic heterocycles. The van der Waals surface area contributed by atoms with Gasteiger partial charge in [-0.1, -0.05) is 19.0 Å². The molecule has 1 saturated heterocycles. The van der Waals surface area contributed by atoms with Gasteiger partial charge in [-0.05, 0) is 24.8 Å². The van der Waals surface area contributed by atoms with E-state index in [-0.39, 0.29) is 0 Å². The largest absolute Gasteiger partial charge is 0.409 e. The van der Waals surface area contributed by atoms with Crippen LogP contribution in [0.1, 0.15) is 20.3 Å². The van der Waals surface area contributed by atoms with Crippen LogP contribution in [0.5, 0.6) is 0 Å². The van der Waals surface area contributed by atoms with Crippen molar-refractivity contribution in [3.8, 4) is 0 Å². The molecule has 0 aliphatic carbocycles. The minimum atomic E-state index is 0.307. The van der Waals surface area contributed by atoms with Crippen LogP contribution < -0.4 is 5.73 Å². The fraction of sp³-hybridized carbons (Fsp3) is 0.889. The minimum Gasteiger partial charge on any atom is -0.409 e. The number of likely N-dealkylation sites (tertiary alicyclic amines) is 1. The summed E-state index contributed by atoms with van der Waals surface area (Å²) in [5.74, 6) is 1.81. The van der Waals surface area contributed by atoms with Crippen molar-refractivity contribution in [2.75, 3.05) is 19.6 Å². The predicted octanol–water partition coefficient (Wildman–Crippen LogP) is 0.711. The van der Waals surface area contributed by atoms with Crippen LogP contribution in [0, 0.1) is 11.8 Å². The minimum absolute atomic E-state index is 0.307. The van der Waals surface area contributed by atoms with Crippen molar-refractivity contribution in [2.45, 2.75) is 20.3 Å². The predicted molar refractivity (Wildman–Crippen MR) is 52.8 cm³/mol. The molecule has 0 saturated carbocycles. The van der Waals surface area contributed by atoms with Crippen LogP contribution in [0.2, 0.25) is 0 Å². The Morgan fingerprint density at radius 3 is 2.77 bits per heavy atom. The Morgan fingerprint density at radius 2 is 2.23 bits per heavy atom. The Labute approximate surface area is 79.4 Å². The first-order valence-corrected chi connectivity index (χ1v) is 4.82. The second-order valence-corrected chi connectivity index (χ2v) is 4.07. The number of hydrogen-bond donors (Lipinski definition) is 2. The summed E-state index contributed by atoms with van der Waals surface area (Å²) in [6.07, 6.45) is 1.21. The quantitative estimate of drug-likeness (QED) is 0.288. The third-order valence-electron chi connectivity index (χ3n) is 2.93. The highest BCUT2D eigenvalue weighted by atomic mass is 16.4. The molecule has 2 atom stereocenters. The van der Waals surface area contributed by atoms with E-state index >= 15 is 0 Å². The Morgan fingerprint density at radius 1 is 1.54 bits per heavy atom. The zero-order chi connectivity index (χ0) is 9.84. The molecule has 76 valence electrons. The maximum Gasteiger partial charge on any atom is 0.153 e. The Balaban J connectivity index is 2.37. The molecule has 4 nitrogen and oxygen atoms in total. The van der Waals surface area contributed by atoms with Crippen molar-refractivity contribution in [2.24, 2.45) is 22.7 Å². The van der Waals surface area contributed by atoms with Gasteiger partial charge in [0.2, 0.25) is 0 Å². The third-order valence-corrected chi connectivity index (χ3v) is 2.93. The number of amidine groups is 1. The fourth-order valence-electron chi connectivity index (χ4n) is 1.75. The molecule has 13 heavy (non-hydrogen) atoms. The molecule has 3 N–H and O–H groups in total. The van der Waals surface area contributed by atoms with Crippen molar-refractivity contribution in [3.05, 3.63) is 0 Å². The summed E-state index contributed by atoms with van der Waals surface area (Å²) in [6.45, 7) is 7.24. The van der Waals surface area contributed by atoms with Crippen molar-refractivity contribution in [3.63, 3.8) is 0 Å². The standard InChI is InChI=1S/C9H19N3O/c1-7-3-4-12(5-8(7)2)6-9(10)11-13/h7-8,13H,3-6H2,1-2H3,(H2,10,11). The maximum absolute atomic E-state index is 8.42. The molecule has 1 rings (SSSR count). The second-order valence-electron chi connectivity index (χ2n) is 4.07. The van der Waals surface area contributed by atoms with E-state index in [2.05, 4.69) is 23.9 Å². The molecule has 0 amide bonds. The van der Waals surface area contributed by atoms with Gasteiger partial charge in [0.05, 0.1) is 6.54 Å². The summed E-state index contributed by atoms with van der Waals surface area (Å²) in [7, 11) is 0. The topological polar surface area (TPSA) is 61.8 Å². The van der Waals surface area contributed by atoms with Crippen molar-refractivity contribution in [1.29, 1.82) is 0 Å². The first kappa shape index (κ1) is 10.3. The van der Waals surface area contributed by atoms with Gasteiger partial charge in [0, 0.05) is 6.54 Å². The van der Waals surface area contributed by atoms with Crippen LogP contribution in [-0.2, 0) is 0 Å². The highest BCUT2D eigenvalue weighted by Gasteiger charge is 2.22. The lowest BCUT2D eigenvalue weighted by Crippen LogP contribution is -2.42. The van der Waals surface area contributed by atoms with Gasteiger partial charge < -0.3 is 10.9 Å². The van der Waals surface area contributed by atoms with Gasteiger partial charge in [0.15, 0.2) is 5.84 Å². The van der Waals surface area contributed by atoms with Crippen LogP contribution in [0.3, 0.4) is 0 Å². The van der Waals surface area contributed by atoms with Crippen LogP contribution in [0.25, 0.3) is 0 Å². The van der Waals surface area contributed by atoms with Crippen LogP contribution in [0.4, 0.5) is 0 Å². The summed E-state index contributed by atoms with van der Waals surface area (Å²) in [5, 5.41) is 11.4. The van der Waals surface area contributed by atoms with Gasteiger partial charge in [-0.2, -0.15) is 0 Å². The van der Waals surface area contributed by atoms with Crippen LogP contribution in [-0.4, -0.2) is 35.6 Å². The summed E-state index contributed by atoms with van der Waals surface area (Å²) in [4.78, 5) is 2.24. The van der Waals surface area contributed by atoms with E-state index in [0.29, 0.717) is 18.3 Å². The van der Waals surface area contributed by atoms with Gasteiger partial charge in [0.1, 0.15) is 0 Å². The number of piperidine rings is 1. The lowest BCUT2D eigenvalue weighted by molar-refractivity contribution is 0.154. The molecule has 0 spiro atoms. The monoisotopic (exact) mass is 185 g/mol. The third kappa shape index (κ3) is 2.88. The van der Waals surface area contributed by atoms with Gasteiger partial charge >= 0.3 is 0 Å². The fourth-order valence-corrected chi connectivity index (χ4v) is 1.75. The van der Waals surface area contributed by atoms with E-state index in [0.717, 1.165) is 19.0 Å². The maximum atomic E-state index is 8.42. The SMILES string of the molecule is CC1CCN(C/C(N)=N/O)CC1C. The van der Waals surface area contributed by atoms with Gasteiger partial charge in [-0.25, -0.2) is 0 Å². The number of rotatable bonds is 2. The Hall–Kier alpha value is -0.770. The molecule has 0 bridgehead atoms. The van der Waals surface area contributed by atoms with Gasteiger partial charge in [0.25, 0.3) is 0 Å². The number of nitrogens with two attached hydrogens (primary N) is 1. The molecule has 4 heteroatoms. The highest BCUT2D eigenvalue weighted by Crippen LogP contribution is 2.21. The first-order chi connectivity index (χ1) is 6.13. The van der Waals surface area contributed by atoms with E-state index in [1.807, 2.05) is 0 Å². The molecule has 0 aromatic rings. The molecular weight excluding hydrogens is 166 g/mol. The second kappa shape index (κ2) is 4.46. The molecule has 1 fully saturated rings. The molecule has 0 radical (unpaired) electrons. The highest BCUT2D eigenvalue weighted by molar-refractivity contribution is 5.81. The molecule has 1 aliphatic rings. The molecule has 2 unspecified atom stereocenters. The number of nitrogens with zero attached hydrogens (tertiary/aromatic N) is 2. The first-order valence-electron chi connectivity index (χ1n) is 4.82. The van der Waals surface area contributed by atoms with E-state index in [1.54, 1.807) is 0 Å². The van der Waals surface area contributed by atoms with E-state index < -0.39 is 0 Å². The van der Waals surface area contributed by atoms with Gasteiger partial charge in [-0.3, -0.25) is 4.90 Å².